The molecule has 3 heteroatoms. The second kappa shape index (κ2) is 5.83. The van der Waals surface area contributed by atoms with Crippen molar-refractivity contribution in [1.29, 1.82) is 0 Å². The molecule has 1 rings (SSSR count). The molecule has 0 saturated carbocycles. The maximum Gasteiger partial charge on any atom is 0.0805 e. The van der Waals surface area contributed by atoms with E-state index in [0.29, 0.717) is 12.0 Å². The summed E-state index contributed by atoms with van der Waals surface area (Å²) in [5.74, 6) is 0.459. The van der Waals surface area contributed by atoms with Crippen molar-refractivity contribution in [2.45, 2.75) is 45.3 Å². The zero-order valence-corrected chi connectivity index (χ0v) is 10.5. The molecule has 0 spiro atoms. The van der Waals surface area contributed by atoms with Gasteiger partial charge < -0.3 is 14.8 Å². The van der Waals surface area contributed by atoms with E-state index in [1.54, 1.807) is 7.11 Å². The van der Waals surface area contributed by atoms with Crippen LogP contribution in [0.15, 0.2) is 0 Å². The number of hydrogen-bond acceptors (Lipinski definition) is 3. The number of methoxy groups -OCH3 is 1. The molecule has 90 valence electrons. The summed E-state index contributed by atoms with van der Waals surface area (Å²) in [5.41, 5.74) is 0.0465. The van der Waals surface area contributed by atoms with E-state index < -0.39 is 0 Å². The van der Waals surface area contributed by atoms with Gasteiger partial charge in [-0.25, -0.2) is 0 Å². The highest BCUT2D eigenvalue weighted by molar-refractivity contribution is 4.88. The summed E-state index contributed by atoms with van der Waals surface area (Å²) in [6, 6.07) is 0. The molecule has 0 aromatic heterocycles. The van der Waals surface area contributed by atoms with E-state index in [9.17, 15) is 0 Å². The zero-order chi connectivity index (χ0) is 11.3. The maximum absolute atomic E-state index is 6.24. The van der Waals surface area contributed by atoms with E-state index in [-0.39, 0.29) is 5.60 Å². The van der Waals surface area contributed by atoms with Crippen LogP contribution in [0, 0.1) is 5.92 Å². The standard InChI is InChI=1S/C12H25NO2/c1-5-12(6-2)9-13-7-11(15-12)10(3)8-14-4/h10-11,13H,5-9H2,1-4H3. The molecular weight excluding hydrogens is 190 g/mol. The highest BCUT2D eigenvalue weighted by Gasteiger charge is 2.35. The Labute approximate surface area is 93.5 Å². The molecule has 1 fully saturated rings. The Bertz CT molecular complexity index is 180. The molecule has 0 bridgehead atoms. The van der Waals surface area contributed by atoms with Crippen LogP contribution in [0.4, 0.5) is 0 Å². The molecule has 2 atom stereocenters. The molecule has 1 heterocycles. The van der Waals surface area contributed by atoms with E-state index in [0.717, 1.165) is 32.5 Å². The van der Waals surface area contributed by atoms with Gasteiger partial charge in [0.25, 0.3) is 0 Å². The molecule has 15 heavy (non-hydrogen) atoms. The number of nitrogens with one attached hydrogen (secondary N) is 1. The molecule has 3 nitrogen and oxygen atoms in total. The lowest BCUT2D eigenvalue weighted by Gasteiger charge is -2.42. The first-order chi connectivity index (χ1) is 7.17. The summed E-state index contributed by atoms with van der Waals surface area (Å²) in [5, 5.41) is 3.49. The minimum absolute atomic E-state index is 0.0465. The van der Waals surface area contributed by atoms with Crippen LogP contribution in [0.5, 0.6) is 0 Å². The van der Waals surface area contributed by atoms with Crippen LogP contribution in [0.25, 0.3) is 0 Å². The van der Waals surface area contributed by atoms with Crippen molar-refractivity contribution in [2.75, 3.05) is 26.8 Å². The third-order valence-corrected chi connectivity index (χ3v) is 3.55. The predicted molar refractivity (Wildman–Crippen MR) is 62.1 cm³/mol. The first-order valence-electron chi connectivity index (χ1n) is 6.05. The third kappa shape index (κ3) is 3.16. The molecule has 1 aliphatic heterocycles. The summed E-state index contributed by atoms with van der Waals surface area (Å²) in [7, 11) is 1.75. The van der Waals surface area contributed by atoms with Gasteiger partial charge in [-0.2, -0.15) is 0 Å². The second-order valence-corrected chi connectivity index (χ2v) is 4.61. The molecular formula is C12H25NO2. The molecule has 0 aliphatic carbocycles. The summed E-state index contributed by atoms with van der Waals surface area (Å²) in [6.45, 7) is 9.30. The fraction of sp³-hybridized carbons (Fsp3) is 1.00. The number of rotatable bonds is 5. The summed E-state index contributed by atoms with van der Waals surface area (Å²) in [6.07, 6.45) is 2.44. The van der Waals surface area contributed by atoms with Crippen LogP contribution < -0.4 is 5.32 Å². The molecule has 0 aromatic carbocycles. The monoisotopic (exact) mass is 215 g/mol. The lowest BCUT2D eigenvalue weighted by Crippen LogP contribution is -2.55. The normalized spacial score (nSPS) is 27.6. The van der Waals surface area contributed by atoms with E-state index in [4.69, 9.17) is 9.47 Å². The lowest BCUT2D eigenvalue weighted by molar-refractivity contribution is -0.143. The molecule has 1 saturated heterocycles. The average Bonchev–Trinajstić information content (AvgIpc) is 2.29. The van der Waals surface area contributed by atoms with Crippen molar-refractivity contribution in [3.05, 3.63) is 0 Å². The van der Waals surface area contributed by atoms with Gasteiger partial charge in [-0.15, -0.1) is 0 Å². The van der Waals surface area contributed by atoms with Crippen LogP contribution in [0.2, 0.25) is 0 Å². The average molecular weight is 215 g/mol. The van der Waals surface area contributed by atoms with E-state index >= 15 is 0 Å². The first kappa shape index (κ1) is 12.9. The lowest BCUT2D eigenvalue weighted by atomic mass is 9.92. The Morgan fingerprint density at radius 1 is 1.47 bits per heavy atom. The molecule has 2 unspecified atom stereocenters. The largest absolute Gasteiger partial charge is 0.384 e. The SMILES string of the molecule is CCC1(CC)CNCC(C(C)COC)O1. The zero-order valence-electron chi connectivity index (χ0n) is 10.5. The van der Waals surface area contributed by atoms with E-state index in [1.807, 2.05) is 0 Å². The van der Waals surface area contributed by atoms with Gasteiger partial charge in [0.05, 0.1) is 18.3 Å². The third-order valence-electron chi connectivity index (χ3n) is 3.55. The first-order valence-corrected chi connectivity index (χ1v) is 6.05. The fourth-order valence-corrected chi connectivity index (χ4v) is 2.20. The topological polar surface area (TPSA) is 30.5 Å². The van der Waals surface area contributed by atoms with Gasteiger partial charge in [-0.1, -0.05) is 20.8 Å². The van der Waals surface area contributed by atoms with E-state index in [2.05, 4.69) is 26.1 Å². The van der Waals surface area contributed by atoms with Crippen molar-refractivity contribution in [3.63, 3.8) is 0 Å². The van der Waals surface area contributed by atoms with Crippen molar-refractivity contribution in [1.82, 2.24) is 5.32 Å². The minimum atomic E-state index is 0.0465. The van der Waals surface area contributed by atoms with Gasteiger partial charge in [-0.3, -0.25) is 0 Å². The Balaban J connectivity index is 2.54. The molecule has 0 aromatic rings. The molecule has 0 radical (unpaired) electrons. The number of morpholine rings is 1. The molecule has 0 amide bonds. The van der Waals surface area contributed by atoms with Crippen LogP contribution in [-0.4, -0.2) is 38.5 Å². The highest BCUT2D eigenvalue weighted by Crippen LogP contribution is 2.27. The van der Waals surface area contributed by atoms with Crippen LogP contribution in [0.3, 0.4) is 0 Å². The minimum Gasteiger partial charge on any atom is -0.384 e. The van der Waals surface area contributed by atoms with E-state index in [1.165, 1.54) is 0 Å². The quantitative estimate of drug-likeness (QED) is 0.759. The van der Waals surface area contributed by atoms with Crippen molar-refractivity contribution in [2.24, 2.45) is 5.92 Å². The summed E-state index contributed by atoms with van der Waals surface area (Å²) in [4.78, 5) is 0. The Morgan fingerprint density at radius 2 is 2.13 bits per heavy atom. The summed E-state index contributed by atoms with van der Waals surface area (Å²) < 4.78 is 11.4. The second-order valence-electron chi connectivity index (χ2n) is 4.61. The van der Waals surface area contributed by atoms with Gasteiger partial charge in [0, 0.05) is 26.1 Å². The van der Waals surface area contributed by atoms with Gasteiger partial charge >= 0.3 is 0 Å². The van der Waals surface area contributed by atoms with Crippen LogP contribution >= 0.6 is 0 Å². The number of hydrogen-bond donors (Lipinski definition) is 1. The highest BCUT2D eigenvalue weighted by atomic mass is 16.5. The smallest absolute Gasteiger partial charge is 0.0805 e. The van der Waals surface area contributed by atoms with Gasteiger partial charge in [0.1, 0.15) is 0 Å². The molecule has 1 aliphatic rings. The Hall–Kier alpha value is -0.120. The van der Waals surface area contributed by atoms with Gasteiger partial charge in [0.2, 0.25) is 0 Å². The fourth-order valence-electron chi connectivity index (χ4n) is 2.20. The van der Waals surface area contributed by atoms with Crippen molar-refractivity contribution >= 4 is 0 Å². The Morgan fingerprint density at radius 3 is 2.67 bits per heavy atom. The Kier molecular flexibility index (Phi) is 5.03. The van der Waals surface area contributed by atoms with Gasteiger partial charge in [-0.05, 0) is 12.8 Å². The van der Waals surface area contributed by atoms with Crippen molar-refractivity contribution in [3.8, 4) is 0 Å². The maximum atomic E-state index is 6.24. The van der Waals surface area contributed by atoms with Crippen LogP contribution in [0.1, 0.15) is 33.6 Å². The number of ether oxygens (including phenoxy) is 2. The predicted octanol–water partition coefficient (Wildman–Crippen LogP) is 1.82. The molecule has 1 N–H and O–H groups in total. The van der Waals surface area contributed by atoms with Crippen molar-refractivity contribution < 1.29 is 9.47 Å². The van der Waals surface area contributed by atoms with Gasteiger partial charge in [0.15, 0.2) is 0 Å². The summed E-state index contributed by atoms with van der Waals surface area (Å²) >= 11 is 0. The van der Waals surface area contributed by atoms with Crippen LogP contribution in [-0.2, 0) is 9.47 Å².